The molecule has 0 unspecified atom stereocenters. The molecule has 0 saturated heterocycles. The van der Waals surface area contributed by atoms with Crippen molar-refractivity contribution in [3.8, 4) is 12.3 Å². The van der Waals surface area contributed by atoms with Gasteiger partial charge in [0, 0.05) is 11.7 Å². The van der Waals surface area contributed by atoms with Crippen molar-refractivity contribution < 1.29 is 0 Å². The van der Waals surface area contributed by atoms with Crippen molar-refractivity contribution in [2.45, 2.75) is 19.4 Å². The summed E-state index contributed by atoms with van der Waals surface area (Å²) in [4.78, 5) is 0. The molecule has 2 rings (SSSR count). The van der Waals surface area contributed by atoms with Gasteiger partial charge in [-0.3, -0.25) is 0 Å². The molecule has 1 nitrogen and oxygen atoms in total. The summed E-state index contributed by atoms with van der Waals surface area (Å²) in [5.74, 6) is 2.80. The summed E-state index contributed by atoms with van der Waals surface area (Å²) in [6.45, 7) is 4.08. The second kappa shape index (κ2) is 2.92. The molecule has 1 heteroatoms. The van der Waals surface area contributed by atoms with Crippen LogP contribution in [0.25, 0.3) is 10.9 Å². The highest BCUT2D eigenvalue weighted by molar-refractivity contribution is 5.80. The minimum absolute atomic E-state index is 0.261. The number of para-hydroxylation sites is 1. The van der Waals surface area contributed by atoms with Crippen molar-refractivity contribution in [3.63, 3.8) is 0 Å². The van der Waals surface area contributed by atoms with Gasteiger partial charge in [-0.1, -0.05) is 24.1 Å². The quantitative estimate of drug-likeness (QED) is 0.599. The molecular formula is C13H13N. The van der Waals surface area contributed by atoms with Crippen LogP contribution in [0.2, 0.25) is 0 Å². The second-order valence-electron chi connectivity index (χ2n) is 3.95. The first-order chi connectivity index (χ1) is 6.65. The zero-order valence-corrected chi connectivity index (χ0v) is 8.49. The molecule has 0 spiro atoms. The summed E-state index contributed by atoms with van der Waals surface area (Å²) in [7, 11) is 0. The van der Waals surface area contributed by atoms with E-state index in [1.54, 1.807) is 0 Å². The molecule has 1 aromatic heterocycles. The summed E-state index contributed by atoms with van der Waals surface area (Å²) >= 11 is 0. The molecule has 0 saturated carbocycles. The van der Waals surface area contributed by atoms with E-state index in [1.807, 2.05) is 32.2 Å². The zero-order chi connectivity index (χ0) is 10.2. The van der Waals surface area contributed by atoms with Gasteiger partial charge < -0.3 is 4.57 Å². The minimum atomic E-state index is -0.261. The van der Waals surface area contributed by atoms with E-state index in [2.05, 4.69) is 28.7 Å². The maximum Gasteiger partial charge on any atom is 0.0996 e. The van der Waals surface area contributed by atoms with E-state index in [-0.39, 0.29) is 5.54 Å². The maximum atomic E-state index is 5.52. The van der Waals surface area contributed by atoms with Crippen LogP contribution in [0.1, 0.15) is 13.8 Å². The third-order valence-electron chi connectivity index (χ3n) is 2.55. The number of terminal acetylenes is 1. The lowest BCUT2D eigenvalue weighted by atomic mass is 10.1. The molecule has 1 aromatic carbocycles. The van der Waals surface area contributed by atoms with Crippen LogP contribution >= 0.6 is 0 Å². The van der Waals surface area contributed by atoms with Gasteiger partial charge in [0.15, 0.2) is 0 Å². The lowest BCUT2D eigenvalue weighted by Crippen LogP contribution is -2.22. The Bertz CT molecular complexity index is 497. The average Bonchev–Trinajstić information content (AvgIpc) is 2.61. The molecule has 0 aliphatic rings. The smallest absolute Gasteiger partial charge is 0.0996 e. The van der Waals surface area contributed by atoms with Gasteiger partial charge in [-0.2, -0.15) is 0 Å². The number of fused-ring (bicyclic) bond motifs is 1. The summed E-state index contributed by atoms with van der Waals surface area (Å²) < 4.78 is 2.13. The molecule has 0 fully saturated rings. The van der Waals surface area contributed by atoms with Gasteiger partial charge in [-0.15, -0.1) is 6.42 Å². The minimum Gasteiger partial charge on any atom is -0.331 e. The Kier molecular flexibility index (Phi) is 1.86. The first kappa shape index (κ1) is 8.90. The van der Waals surface area contributed by atoms with Gasteiger partial charge >= 0.3 is 0 Å². The van der Waals surface area contributed by atoms with Crippen LogP contribution in [0.3, 0.4) is 0 Å². The standard InChI is InChI=1S/C13H13N/c1-4-13(2,3)14-10-9-11-7-5-6-8-12(11)14/h1,5-10H,2-3H3. The van der Waals surface area contributed by atoms with E-state index in [1.165, 1.54) is 10.9 Å². The number of aromatic nitrogens is 1. The molecule has 2 aromatic rings. The lowest BCUT2D eigenvalue weighted by Gasteiger charge is -2.21. The topological polar surface area (TPSA) is 4.93 Å². The Balaban J connectivity index is 2.72. The van der Waals surface area contributed by atoms with Crippen LogP contribution < -0.4 is 0 Å². The predicted octanol–water partition coefficient (Wildman–Crippen LogP) is 3.01. The average molecular weight is 183 g/mol. The first-order valence-electron chi connectivity index (χ1n) is 4.69. The molecule has 14 heavy (non-hydrogen) atoms. The van der Waals surface area contributed by atoms with Gasteiger partial charge in [-0.05, 0) is 31.4 Å². The van der Waals surface area contributed by atoms with Crippen molar-refractivity contribution in [2.24, 2.45) is 0 Å². The van der Waals surface area contributed by atoms with Gasteiger partial charge in [0.2, 0.25) is 0 Å². The molecule has 0 N–H and O–H groups in total. The fraction of sp³-hybridized carbons (Fsp3) is 0.231. The fourth-order valence-corrected chi connectivity index (χ4v) is 1.64. The van der Waals surface area contributed by atoms with Gasteiger partial charge in [-0.25, -0.2) is 0 Å². The number of rotatable bonds is 1. The van der Waals surface area contributed by atoms with Crippen LogP contribution in [0.4, 0.5) is 0 Å². The normalized spacial score (nSPS) is 11.5. The van der Waals surface area contributed by atoms with Crippen molar-refractivity contribution in [3.05, 3.63) is 36.5 Å². The van der Waals surface area contributed by atoms with Gasteiger partial charge in [0.25, 0.3) is 0 Å². The SMILES string of the molecule is C#CC(C)(C)n1ccc2ccccc21. The second-order valence-corrected chi connectivity index (χ2v) is 3.95. The number of nitrogens with zero attached hydrogens (tertiary/aromatic N) is 1. The van der Waals surface area contributed by atoms with E-state index < -0.39 is 0 Å². The van der Waals surface area contributed by atoms with Gasteiger partial charge in [0.05, 0.1) is 5.54 Å². The highest BCUT2D eigenvalue weighted by Crippen LogP contribution is 2.23. The molecule has 0 aliphatic carbocycles. The summed E-state index contributed by atoms with van der Waals surface area (Å²) in [6.07, 6.45) is 7.56. The Labute approximate surface area is 84.4 Å². The Morgan fingerprint density at radius 2 is 1.93 bits per heavy atom. The molecule has 0 aliphatic heterocycles. The highest BCUT2D eigenvalue weighted by Gasteiger charge is 2.17. The number of benzene rings is 1. The Hall–Kier alpha value is -1.68. The zero-order valence-electron chi connectivity index (χ0n) is 8.49. The molecule has 0 radical (unpaired) electrons. The summed E-state index contributed by atoms with van der Waals surface area (Å²) in [5.41, 5.74) is 0.929. The monoisotopic (exact) mass is 183 g/mol. The summed E-state index contributed by atoms with van der Waals surface area (Å²) in [6, 6.07) is 10.3. The largest absolute Gasteiger partial charge is 0.331 e. The molecule has 0 atom stereocenters. The van der Waals surface area contributed by atoms with Crippen LogP contribution in [0.15, 0.2) is 36.5 Å². The highest BCUT2D eigenvalue weighted by atomic mass is 15.0. The van der Waals surface area contributed by atoms with Crippen LogP contribution in [-0.4, -0.2) is 4.57 Å². The Morgan fingerprint density at radius 1 is 1.21 bits per heavy atom. The van der Waals surface area contributed by atoms with E-state index in [4.69, 9.17) is 6.42 Å². The molecular weight excluding hydrogens is 170 g/mol. The van der Waals surface area contributed by atoms with Crippen molar-refractivity contribution in [1.29, 1.82) is 0 Å². The Morgan fingerprint density at radius 3 is 2.64 bits per heavy atom. The van der Waals surface area contributed by atoms with E-state index in [9.17, 15) is 0 Å². The molecule has 1 heterocycles. The van der Waals surface area contributed by atoms with Crippen LogP contribution in [-0.2, 0) is 5.54 Å². The third kappa shape index (κ3) is 1.20. The van der Waals surface area contributed by atoms with Crippen LogP contribution in [0, 0.1) is 12.3 Å². The van der Waals surface area contributed by atoms with E-state index in [0.29, 0.717) is 0 Å². The first-order valence-corrected chi connectivity index (χ1v) is 4.69. The number of hydrogen-bond donors (Lipinski definition) is 0. The molecule has 70 valence electrons. The van der Waals surface area contributed by atoms with Crippen molar-refractivity contribution >= 4 is 10.9 Å². The van der Waals surface area contributed by atoms with Gasteiger partial charge in [0.1, 0.15) is 0 Å². The predicted molar refractivity (Wildman–Crippen MR) is 60.1 cm³/mol. The van der Waals surface area contributed by atoms with Crippen LogP contribution in [0.5, 0.6) is 0 Å². The van der Waals surface area contributed by atoms with E-state index >= 15 is 0 Å². The summed E-state index contributed by atoms with van der Waals surface area (Å²) in [5, 5.41) is 1.23. The number of hydrogen-bond acceptors (Lipinski definition) is 0. The maximum absolute atomic E-state index is 5.52. The van der Waals surface area contributed by atoms with E-state index in [0.717, 1.165) is 0 Å². The van der Waals surface area contributed by atoms with Crippen molar-refractivity contribution in [1.82, 2.24) is 4.57 Å². The lowest BCUT2D eigenvalue weighted by molar-refractivity contribution is 0.492. The van der Waals surface area contributed by atoms with Crippen molar-refractivity contribution in [2.75, 3.05) is 0 Å². The third-order valence-corrected chi connectivity index (χ3v) is 2.55. The molecule has 0 amide bonds. The fourth-order valence-electron chi connectivity index (χ4n) is 1.64. The molecule has 0 bridgehead atoms.